The summed E-state index contributed by atoms with van der Waals surface area (Å²) >= 11 is 1.37. The largest absolute Gasteiger partial charge is 0.394 e. The molecule has 2 rings (SSSR count). The molecule has 1 heterocycles. The molecule has 1 unspecified atom stereocenters. The number of rotatable bonds is 5. The number of aliphatic hydroxyl groups is 1. The fourth-order valence-corrected chi connectivity index (χ4v) is 2.62. The van der Waals surface area contributed by atoms with Gasteiger partial charge in [0, 0.05) is 18.8 Å². The van der Waals surface area contributed by atoms with Crippen molar-refractivity contribution in [2.24, 2.45) is 0 Å². The van der Waals surface area contributed by atoms with E-state index in [0.29, 0.717) is 12.1 Å². The van der Waals surface area contributed by atoms with Gasteiger partial charge in [-0.25, -0.2) is 9.37 Å². The summed E-state index contributed by atoms with van der Waals surface area (Å²) < 4.78 is 13.1. The molecule has 0 spiro atoms. The van der Waals surface area contributed by atoms with E-state index in [0.717, 1.165) is 10.6 Å². The molecule has 0 aliphatic rings. The molecule has 1 aromatic carbocycles. The minimum absolute atomic E-state index is 0.0947. The zero-order valence-electron chi connectivity index (χ0n) is 11.9. The molecule has 0 aliphatic carbocycles. The van der Waals surface area contributed by atoms with Crippen molar-refractivity contribution in [2.45, 2.75) is 19.4 Å². The Bertz CT molecular complexity index is 630. The minimum atomic E-state index is -0.281. The van der Waals surface area contributed by atoms with Gasteiger partial charge in [-0.15, -0.1) is 11.3 Å². The molecule has 2 aromatic rings. The summed E-state index contributed by atoms with van der Waals surface area (Å²) in [7, 11) is 1.63. The smallest absolute Gasteiger partial charge is 0.273 e. The lowest BCUT2D eigenvalue weighted by Gasteiger charge is -2.21. The molecule has 0 aliphatic heterocycles. The zero-order chi connectivity index (χ0) is 15.4. The van der Waals surface area contributed by atoms with Crippen LogP contribution in [0.1, 0.15) is 28.0 Å². The van der Waals surface area contributed by atoms with E-state index in [1.165, 1.54) is 28.4 Å². The van der Waals surface area contributed by atoms with Crippen LogP contribution in [-0.4, -0.2) is 40.6 Å². The van der Waals surface area contributed by atoms with Gasteiger partial charge in [0.1, 0.15) is 11.5 Å². The van der Waals surface area contributed by atoms with Crippen molar-refractivity contribution in [3.63, 3.8) is 0 Å². The highest BCUT2D eigenvalue weighted by Gasteiger charge is 2.19. The van der Waals surface area contributed by atoms with Gasteiger partial charge >= 0.3 is 0 Å². The van der Waals surface area contributed by atoms with Crippen LogP contribution < -0.4 is 0 Å². The third-order valence-electron chi connectivity index (χ3n) is 3.26. The number of aromatic nitrogens is 1. The van der Waals surface area contributed by atoms with Gasteiger partial charge in [-0.3, -0.25) is 4.79 Å². The van der Waals surface area contributed by atoms with Gasteiger partial charge in [-0.05, 0) is 24.6 Å². The number of halogens is 1. The van der Waals surface area contributed by atoms with Crippen LogP contribution in [0.3, 0.4) is 0 Å². The van der Waals surface area contributed by atoms with Gasteiger partial charge in [-0.1, -0.05) is 12.1 Å². The molecular weight excluding hydrogens is 291 g/mol. The maximum Gasteiger partial charge on any atom is 0.273 e. The summed E-state index contributed by atoms with van der Waals surface area (Å²) in [6, 6.07) is 6.08. The van der Waals surface area contributed by atoms with Crippen LogP contribution in [0, 0.1) is 5.82 Å². The van der Waals surface area contributed by atoms with Crippen molar-refractivity contribution < 1.29 is 14.3 Å². The number of amides is 1. The molecule has 0 saturated heterocycles. The van der Waals surface area contributed by atoms with Crippen LogP contribution in [-0.2, 0) is 6.42 Å². The summed E-state index contributed by atoms with van der Waals surface area (Å²) in [6.07, 6.45) is 0.495. The first-order chi connectivity index (χ1) is 10.0. The number of aliphatic hydroxyl groups excluding tert-OH is 1. The van der Waals surface area contributed by atoms with Crippen molar-refractivity contribution in [3.05, 3.63) is 51.7 Å². The molecule has 4 nitrogen and oxygen atoms in total. The molecule has 0 fully saturated rings. The molecule has 6 heteroatoms. The van der Waals surface area contributed by atoms with Gasteiger partial charge in [0.15, 0.2) is 0 Å². The summed E-state index contributed by atoms with van der Waals surface area (Å²) in [5, 5.41) is 11.5. The maximum atomic E-state index is 13.1. The Kier molecular flexibility index (Phi) is 5.03. The first-order valence-electron chi connectivity index (χ1n) is 6.58. The molecule has 0 saturated carbocycles. The second kappa shape index (κ2) is 6.78. The van der Waals surface area contributed by atoms with E-state index >= 15 is 0 Å². The number of benzene rings is 1. The van der Waals surface area contributed by atoms with Crippen molar-refractivity contribution in [1.82, 2.24) is 9.88 Å². The summed E-state index contributed by atoms with van der Waals surface area (Å²) in [6.45, 7) is 1.67. The van der Waals surface area contributed by atoms with E-state index < -0.39 is 0 Å². The van der Waals surface area contributed by atoms with Gasteiger partial charge in [-0.2, -0.15) is 0 Å². The lowest BCUT2D eigenvalue weighted by atomic mass is 10.1. The Balaban J connectivity index is 2.09. The second-order valence-electron chi connectivity index (χ2n) is 4.88. The zero-order valence-corrected chi connectivity index (χ0v) is 12.7. The number of hydrogen-bond acceptors (Lipinski definition) is 4. The van der Waals surface area contributed by atoms with Crippen molar-refractivity contribution >= 4 is 17.2 Å². The molecule has 1 aromatic heterocycles. The van der Waals surface area contributed by atoms with Crippen LogP contribution in [0.2, 0.25) is 0 Å². The molecule has 0 radical (unpaired) electrons. The number of hydrogen-bond donors (Lipinski definition) is 1. The predicted octanol–water partition coefficient (Wildman–Crippen LogP) is 2.33. The van der Waals surface area contributed by atoms with Crippen molar-refractivity contribution in [2.75, 3.05) is 13.7 Å². The molecule has 112 valence electrons. The number of likely N-dealkylation sites (N-methyl/N-ethyl adjacent to an activating group) is 1. The summed E-state index contributed by atoms with van der Waals surface area (Å²) in [5.74, 6) is -0.504. The monoisotopic (exact) mass is 308 g/mol. The average Bonchev–Trinajstić information content (AvgIpc) is 2.93. The van der Waals surface area contributed by atoms with E-state index in [1.54, 1.807) is 25.4 Å². The first kappa shape index (κ1) is 15.6. The maximum absolute atomic E-state index is 13.1. The van der Waals surface area contributed by atoms with Crippen LogP contribution >= 0.6 is 11.3 Å². The lowest BCUT2D eigenvalue weighted by molar-refractivity contribution is 0.0677. The number of carbonyl (C=O) groups excluding carboxylic acids is 1. The molecule has 1 amide bonds. The number of carbonyl (C=O) groups is 1. The second-order valence-corrected chi connectivity index (χ2v) is 5.82. The lowest BCUT2D eigenvalue weighted by Crippen LogP contribution is -2.37. The Morgan fingerprint density at radius 3 is 2.95 bits per heavy atom. The number of thiazole rings is 1. The van der Waals surface area contributed by atoms with Crippen molar-refractivity contribution in [1.29, 1.82) is 0 Å². The Morgan fingerprint density at radius 2 is 2.29 bits per heavy atom. The number of nitrogens with zero attached hydrogens (tertiary/aromatic N) is 2. The summed E-state index contributed by atoms with van der Waals surface area (Å²) in [5.41, 5.74) is 1.18. The first-order valence-corrected chi connectivity index (χ1v) is 7.46. The standard InChI is InChI=1S/C15H17FN2O2S/c1-10(8-19)18(2)15(20)13-9-21-14(17-13)7-11-4-3-5-12(16)6-11/h3-6,9-10,19H,7-8H2,1-2H3. The van der Waals surface area contributed by atoms with Crippen LogP contribution in [0.15, 0.2) is 29.6 Å². The Hall–Kier alpha value is -1.79. The fourth-order valence-electron chi connectivity index (χ4n) is 1.82. The highest BCUT2D eigenvalue weighted by Crippen LogP contribution is 2.17. The molecule has 1 atom stereocenters. The van der Waals surface area contributed by atoms with Gasteiger partial charge in [0.05, 0.1) is 17.7 Å². The van der Waals surface area contributed by atoms with E-state index in [9.17, 15) is 9.18 Å². The third-order valence-corrected chi connectivity index (χ3v) is 4.11. The molecule has 1 N–H and O–H groups in total. The SMILES string of the molecule is CC(CO)N(C)C(=O)c1csc(Cc2cccc(F)c2)n1. The highest BCUT2D eigenvalue weighted by molar-refractivity contribution is 7.09. The average molecular weight is 308 g/mol. The topological polar surface area (TPSA) is 53.4 Å². The quantitative estimate of drug-likeness (QED) is 0.922. The predicted molar refractivity (Wildman–Crippen MR) is 80.0 cm³/mol. The third kappa shape index (κ3) is 3.86. The Labute approximate surface area is 126 Å². The Morgan fingerprint density at radius 1 is 1.52 bits per heavy atom. The van der Waals surface area contributed by atoms with Crippen LogP contribution in [0.4, 0.5) is 4.39 Å². The minimum Gasteiger partial charge on any atom is -0.394 e. The van der Waals surface area contributed by atoms with Gasteiger partial charge in [0.2, 0.25) is 0 Å². The van der Waals surface area contributed by atoms with Crippen LogP contribution in [0.25, 0.3) is 0 Å². The van der Waals surface area contributed by atoms with Gasteiger partial charge in [0.25, 0.3) is 5.91 Å². The normalized spacial score (nSPS) is 12.2. The molecule has 21 heavy (non-hydrogen) atoms. The highest BCUT2D eigenvalue weighted by atomic mass is 32.1. The van der Waals surface area contributed by atoms with E-state index in [-0.39, 0.29) is 24.4 Å². The van der Waals surface area contributed by atoms with E-state index in [4.69, 9.17) is 5.11 Å². The molecule has 0 bridgehead atoms. The van der Waals surface area contributed by atoms with Gasteiger partial charge < -0.3 is 10.0 Å². The summed E-state index contributed by atoms with van der Waals surface area (Å²) in [4.78, 5) is 17.9. The van der Waals surface area contributed by atoms with E-state index in [1.807, 2.05) is 6.07 Å². The van der Waals surface area contributed by atoms with Crippen molar-refractivity contribution in [3.8, 4) is 0 Å². The molecular formula is C15H17FN2O2S. The van der Waals surface area contributed by atoms with E-state index in [2.05, 4.69) is 4.98 Å². The fraction of sp³-hybridized carbons (Fsp3) is 0.333. The van der Waals surface area contributed by atoms with Crippen LogP contribution in [0.5, 0.6) is 0 Å².